The highest BCUT2D eigenvalue weighted by atomic mass is 16.6. The summed E-state index contributed by atoms with van der Waals surface area (Å²) in [6.07, 6.45) is 5.19. The monoisotopic (exact) mass is 417 g/mol. The number of nitro groups is 1. The third kappa shape index (κ3) is 2.63. The molecule has 1 aliphatic carbocycles. The number of nitro benzene ring substituents is 1. The number of non-ortho nitro benzene ring substituents is 1. The molecule has 4 aromatic rings. The first-order valence-electron chi connectivity index (χ1n) is 10.7. The van der Waals surface area contributed by atoms with Gasteiger partial charge in [-0.15, -0.1) is 0 Å². The van der Waals surface area contributed by atoms with E-state index in [4.69, 9.17) is 0 Å². The molecule has 32 heavy (non-hydrogen) atoms. The second-order valence-electron chi connectivity index (χ2n) is 8.53. The summed E-state index contributed by atoms with van der Waals surface area (Å²) in [6, 6.07) is 24.2. The first-order valence-corrected chi connectivity index (χ1v) is 10.7. The van der Waals surface area contributed by atoms with E-state index in [1.807, 2.05) is 0 Å². The Morgan fingerprint density at radius 2 is 1.69 bits per heavy atom. The second-order valence-corrected chi connectivity index (χ2v) is 8.53. The number of benzene rings is 4. The molecule has 6 rings (SSSR count). The van der Waals surface area contributed by atoms with Crippen LogP contribution in [-0.2, 0) is 0 Å². The van der Waals surface area contributed by atoms with Gasteiger partial charge in [-0.05, 0) is 51.1 Å². The fraction of sp³-hybridized carbons (Fsp3) is 0.148. The zero-order valence-electron chi connectivity index (χ0n) is 17.2. The lowest BCUT2D eigenvalue weighted by atomic mass is 9.74. The highest BCUT2D eigenvalue weighted by molar-refractivity contribution is 6.03. The van der Waals surface area contributed by atoms with Crippen molar-refractivity contribution in [1.29, 1.82) is 5.26 Å². The maximum Gasteiger partial charge on any atom is 0.271 e. The van der Waals surface area contributed by atoms with Crippen LogP contribution in [-0.4, -0.2) is 4.92 Å². The van der Waals surface area contributed by atoms with E-state index in [0.717, 1.165) is 12.0 Å². The Balaban J connectivity index is 1.64. The van der Waals surface area contributed by atoms with E-state index in [0.29, 0.717) is 11.3 Å². The maximum atomic E-state index is 11.5. The van der Waals surface area contributed by atoms with Gasteiger partial charge in [-0.2, -0.15) is 5.26 Å². The average Bonchev–Trinajstić information content (AvgIpc) is 3.32. The summed E-state index contributed by atoms with van der Waals surface area (Å²) in [7, 11) is 0. The van der Waals surface area contributed by atoms with Gasteiger partial charge < -0.3 is 5.32 Å². The van der Waals surface area contributed by atoms with Gasteiger partial charge in [-0.3, -0.25) is 10.1 Å². The first-order chi connectivity index (χ1) is 15.7. The average molecular weight is 417 g/mol. The minimum Gasteiger partial charge on any atom is -0.377 e. The Morgan fingerprint density at radius 3 is 2.34 bits per heavy atom. The third-order valence-corrected chi connectivity index (χ3v) is 6.91. The van der Waals surface area contributed by atoms with E-state index in [1.165, 1.54) is 33.2 Å². The molecule has 0 saturated heterocycles. The molecule has 3 atom stereocenters. The fourth-order valence-electron chi connectivity index (χ4n) is 5.55. The van der Waals surface area contributed by atoms with Crippen LogP contribution in [0.4, 0.5) is 11.4 Å². The molecule has 0 spiro atoms. The molecule has 1 N–H and O–H groups in total. The highest BCUT2D eigenvalue weighted by Crippen LogP contribution is 2.53. The lowest BCUT2D eigenvalue weighted by Crippen LogP contribution is -2.30. The van der Waals surface area contributed by atoms with Crippen molar-refractivity contribution in [3.63, 3.8) is 0 Å². The molecular formula is C27H19N3O2. The van der Waals surface area contributed by atoms with Gasteiger partial charge in [0.15, 0.2) is 0 Å². The van der Waals surface area contributed by atoms with E-state index in [9.17, 15) is 15.4 Å². The smallest absolute Gasteiger partial charge is 0.271 e. The minimum absolute atomic E-state index is 0.0212. The zero-order valence-corrected chi connectivity index (χ0v) is 17.2. The normalized spacial score (nSPS) is 21.0. The Morgan fingerprint density at radius 1 is 1.00 bits per heavy atom. The lowest BCUT2D eigenvalue weighted by molar-refractivity contribution is -0.384. The SMILES string of the molecule is N#Cc1cc([N+](=O)[O-])cc2c1N[C@@H](c1c3ccccc3cc3ccccc13)[C@H]1CC=C[C@@H]21. The third-order valence-electron chi connectivity index (χ3n) is 6.91. The van der Waals surface area contributed by atoms with E-state index in [2.05, 4.69) is 78.1 Å². The number of nitrogens with zero attached hydrogens (tertiary/aromatic N) is 2. The molecule has 0 amide bonds. The number of hydrogen-bond donors (Lipinski definition) is 1. The Kier molecular flexibility index (Phi) is 4.02. The van der Waals surface area contributed by atoms with Crippen LogP contribution in [0.25, 0.3) is 21.5 Å². The predicted octanol–water partition coefficient (Wildman–Crippen LogP) is 6.60. The molecule has 5 nitrogen and oxygen atoms in total. The van der Waals surface area contributed by atoms with Crippen molar-refractivity contribution in [2.24, 2.45) is 5.92 Å². The van der Waals surface area contributed by atoms with Gasteiger partial charge in [0.25, 0.3) is 5.69 Å². The van der Waals surface area contributed by atoms with Crippen LogP contribution in [0.5, 0.6) is 0 Å². The van der Waals surface area contributed by atoms with Gasteiger partial charge in [0, 0.05) is 18.1 Å². The molecule has 0 saturated carbocycles. The summed E-state index contributed by atoms with van der Waals surface area (Å²) in [5, 5.41) is 29.7. The van der Waals surface area contributed by atoms with E-state index < -0.39 is 4.92 Å². The van der Waals surface area contributed by atoms with Gasteiger partial charge in [0.05, 0.1) is 22.2 Å². The highest BCUT2D eigenvalue weighted by Gasteiger charge is 2.41. The first kappa shape index (κ1) is 18.6. The van der Waals surface area contributed by atoms with E-state index in [1.54, 1.807) is 6.07 Å². The molecule has 0 unspecified atom stereocenters. The van der Waals surface area contributed by atoms with E-state index >= 15 is 0 Å². The Hall–Kier alpha value is -4.17. The van der Waals surface area contributed by atoms with Gasteiger partial charge in [-0.1, -0.05) is 60.7 Å². The van der Waals surface area contributed by atoms with Gasteiger partial charge in [-0.25, -0.2) is 0 Å². The molecule has 154 valence electrons. The van der Waals surface area contributed by atoms with Gasteiger partial charge >= 0.3 is 0 Å². The number of anilines is 1. The van der Waals surface area contributed by atoms with Crippen LogP contribution >= 0.6 is 0 Å². The summed E-state index contributed by atoms with van der Waals surface area (Å²) >= 11 is 0. The minimum atomic E-state index is -0.418. The molecule has 0 aromatic heterocycles. The largest absolute Gasteiger partial charge is 0.377 e. The summed E-state index contributed by atoms with van der Waals surface area (Å²) in [5.74, 6) is 0.242. The van der Waals surface area contributed by atoms with Gasteiger partial charge in [0.2, 0.25) is 0 Å². The van der Waals surface area contributed by atoms with Crippen molar-refractivity contribution in [3.8, 4) is 6.07 Å². The van der Waals surface area contributed by atoms with Crippen molar-refractivity contribution in [2.45, 2.75) is 18.4 Å². The van der Waals surface area contributed by atoms with Crippen molar-refractivity contribution in [1.82, 2.24) is 0 Å². The molecule has 2 aliphatic rings. The van der Waals surface area contributed by atoms with Crippen LogP contribution in [0.1, 0.15) is 35.1 Å². The molecule has 0 radical (unpaired) electrons. The van der Waals surface area contributed by atoms with Crippen LogP contribution < -0.4 is 5.32 Å². The molecule has 1 heterocycles. The number of fused-ring (bicyclic) bond motifs is 5. The van der Waals surface area contributed by atoms with Crippen molar-refractivity contribution in [3.05, 3.63) is 106 Å². The standard InChI is InChI=1S/C27H19N3O2/c28-15-18-13-19(30(31)32)14-24-22-10-5-11-23(22)27(29-26(18)24)25-20-8-3-1-6-16(20)12-17-7-2-4-9-21(17)25/h1-10,12-14,22-23,27,29H,11H2/t22-,23+,27-/m1/s1. The zero-order chi connectivity index (χ0) is 21.8. The predicted molar refractivity (Wildman–Crippen MR) is 126 cm³/mol. The number of rotatable bonds is 2. The fourth-order valence-corrected chi connectivity index (χ4v) is 5.55. The molecule has 5 heteroatoms. The van der Waals surface area contributed by atoms with Crippen LogP contribution in [0, 0.1) is 27.4 Å². The lowest BCUT2D eigenvalue weighted by Gasteiger charge is -2.38. The number of nitrogens with one attached hydrogen (secondary N) is 1. The van der Waals surface area contributed by atoms with Crippen molar-refractivity contribution >= 4 is 32.9 Å². The van der Waals surface area contributed by atoms with Crippen molar-refractivity contribution in [2.75, 3.05) is 5.32 Å². The molecule has 0 bridgehead atoms. The van der Waals surface area contributed by atoms with Crippen LogP contribution in [0.2, 0.25) is 0 Å². The van der Waals surface area contributed by atoms with Crippen LogP contribution in [0.15, 0.2) is 78.9 Å². The molecule has 1 aliphatic heterocycles. The Labute approximate surface area is 184 Å². The Bertz CT molecular complexity index is 1440. The van der Waals surface area contributed by atoms with Crippen molar-refractivity contribution < 1.29 is 4.92 Å². The number of nitriles is 1. The quantitative estimate of drug-likeness (QED) is 0.172. The summed E-state index contributed by atoms with van der Waals surface area (Å²) < 4.78 is 0. The number of hydrogen-bond acceptors (Lipinski definition) is 4. The molecule has 4 aromatic carbocycles. The summed E-state index contributed by atoms with van der Waals surface area (Å²) in [5.41, 5.74) is 3.08. The van der Waals surface area contributed by atoms with Crippen LogP contribution in [0.3, 0.4) is 0 Å². The topological polar surface area (TPSA) is 79.0 Å². The summed E-state index contributed by atoms with van der Waals surface area (Å²) in [4.78, 5) is 11.1. The van der Waals surface area contributed by atoms with Gasteiger partial charge in [0.1, 0.15) is 6.07 Å². The maximum absolute atomic E-state index is 11.5. The molecule has 0 fully saturated rings. The second kappa shape index (κ2) is 6.93. The summed E-state index contributed by atoms with van der Waals surface area (Å²) in [6.45, 7) is 0. The van der Waals surface area contributed by atoms with E-state index in [-0.39, 0.29) is 23.6 Å². The molecular weight excluding hydrogens is 398 g/mol. The number of allylic oxidation sites excluding steroid dienone is 2.